The standard InChI is InChI=1S/C20H16ClN3O2/c21-15-8-11-18-17(12-15)19(13-4-2-1-3-5-13)23-20(22-18)14-6-9-16(10-7-14)24(25)26/h1-12,19-20,22-23H/t19-,20-/m0/s1. The summed E-state index contributed by atoms with van der Waals surface area (Å²) in [6, 6.07) is 22.5. The molecular weight excluding hydrogens is 350 g/mol. The minimum absolute atomic E-state index is 0.0358. The van der Waals surface area contributed by atoms with E-state index in [0.29, 0.717) is 5.02 Å². The molecule has 1 heterocycles. The summed E-state index contributed by atoms with van der Waals surface area (Å²) in [5.74, 6) is 0. The molecule has 0 aliphatic carbocycles. The van der Waals surface area contributed by atoms with Crippen LogP contribution in [0, 0.1) is 10.1 Å². The molecule has 2 N–H and O–H groups in total. The molecule has 3 aromatic carbocycles. The summed E-state index contributed by atoms with van der Waals surface area (Å²) in [7, 11) is 0. The SMILES string of the molecule is O=[N+]([O-])c1ccc([C@H]2Nc3ccc(Cl)cc3[C@H](c3ccccc3)N2)cc1. The summed E-state index contributed by atoms with van der Waals surface area (Å²) in [5, 5.41) is 18.6. The van der Waals surface area contributed by atoms with E-state index in [9.17, 15) is 10.1 Å². The lowest BCUT2D eigenvalue weighted by atomic mass is 9.93. The second-order valence-corrected chi connectivity index (χ2v) is 6.60. The fourth-order valence-electron chi connectivity index (χ4n) is 3.25. The Morgan fingerprint density at radius 2 is 1.65 bits per heavy atom. The van der Waals surface area contributed by atoms with Gasteiger partial charge in [-0.15, -0.1) is 0 Å². The summed E-state index contributed by atoms with van der Waals surface area (Å²) in [5.41, 5.74) is 4.20. The number of hydrogen-bond acceptors (Lipinski definition) is 4. The molecule has 1 aliphatic rings. The van der Waals surface area contributed by atoms with E-state index in [4.69, 9.17) is 11.6 Å². The van der Waals surface area contributed by atoms with E-state index in [1.165, 1.54) is 12.1 Å². The van der Waals surface area contributed by atoms with Crippen molar-refractivity contribution in [1.29, 1.82) is 0 Å². The van der Waals surface area contributed by atoms with Crippen LogP contribution in [-0.2, 0) is 0 Å². The van der Waals surface area contributed by atoms with Crippen LogP contribution in [0.2, 0.25) is 5.02 Å². The van der Waals surface area contributed by atoms with Crippen molar-refractivity contribution in [2.45, 2.75) is 12.2 Å². The fourth-order valence-corrected chi connectivity index (χ4v) is 3.43. The van der Waals surface area contributed by atoms with Gasteiger partial charge >= 0.3 is 0 Å². The number of rotatable bonds is 3. The van der Waals surface area contributed by atoms with Crippen LogP contribution in [-0.4, -0.2) is 4.92 Å². The molecule has 0 saturated heterocycles. The Morgan fingerprint density at radius 1 is 0.923 bits per heavy atom. The van der Waals surface area contributed by atoms with E-state index in [2.05, 4.69) is 22.8 Å². The van der Waals surface area contributed by atoms with Crippen LogP contribution in [0.1, 0.15) is 28.9 Å². The van der Waals surface area contributed by atoms with Gasteiger partial charge in [0.2, 0.25) is 0 Å². The summed E-state index contributed by atoms with van der Waals surface area (Å²) in [6.45, 7) is 0. The largest absolute Gasteiger partial charge is 0.366 e. The molecule has 0 spiro atoms. The van der Waals surface area contributed by atoms with E-state index < -0.39 is 4.92 Å². The van der Waals surface area contributed by atoms with Gasteiger partial charge in [0, 0.05) is 22.8 Å². The average molecular weight is 366 g/mol. The maximum atomic E-state index is 10.9. The summed E-state index contributed by atoms with van der Waals surface area (Å²) in [4.78, 5) is 10.5. The highest BCUT2D eigenvalue weighted by Gasteiger charge is 2.28. The number of fused-ring (bicyclic) bond motifs is 1. The van der Waals surface area contributed by atoms with Gasteiger partial charge in [0.05, 0.1) is 11.0 Å². The third-order valence-electron chi connectivity index (χ3n) is 4.53. The molecule has 0 radical (unpaired) electrons. The number of benzene rings is 3. The van der Waals surface area contributed by atoms with Gasteiger partial charge in [0.1, 0.15) is 6.17 Å². The molecule has 0 saturated carbocycles. The Hall–Kier alpha value is -2.89. The van der Waals surface area contributed by atoms with Gasteiger partial charge in [-0.25, -0.2) is 0 Å². The summed E-state index contributed by atoms with van der Waals surface area (Å²) >= 11 is 6.21. The van der Waals surface area contributed by atoms with E-state index in [1.54, 1.807) is 12.1 Å². The van der Waals surface area contributed by atoms with Crippen molar-refractivity contribution in [3.05, 3.63) is 105 Å². The summed E-state index contributed by atoms with van der Waals surface area (Å²) in [6.07, 6.45) is -0.172. The molecule has 0 amide bonds. The van der Waals surface area contributed by atoms with Crippen molar-refractivity contribution in [2.75, 3.05) is 5.32 Å². The van der Waals surface area contributed by atoms with Crippen molar-refractivity contribution >= 4 is 23.0 Å². The Bertz CT molecular complexity index is 945. The number of hydrogen-bond donors (Lipinski definition) is 2. The maximum Gasteiger partial charge on any atom is 0.269 e. The Morgan fingerprint density at radius 3 is 2.35 bits per heavy atom. The number of nitrogens with one attached hydrogen (secondary N) is 2. The molecule has 26 heavy (non-hydrogen) atoms. The minimum Gasteiger partial charge on any atom is -0.366 e. The number of nitrogens with zero attached hydrogens (tertiary/aromatic N) is 1. The highest BCUT2D eigenvalue weighted by Crippen LogP contribution is 2.38. The number of nitro groups is 1. The molecule has 130 valence electrons. The first-order valence-electron chi connectivity index (χ1n) is 8.23. The zero-order valence-corrected chi connectivity index (χ0v) is 14.5. The normalized spacial score (nSPS) is 18.7. The molecule has 6 heteroatoms. The number of non-ortho nitro benzene ring substituents is 1. The molecule has 5 nitrogen and oxygen atoms in total. The monoisotopic (exact) mass is 365 g/mol. The van der Waals surface area contributed by atoms with Crippen LogP contribution < -0.4 is 10.6 Å². The van der Waals surface area contributed by atoms with Crippen molar-refractivity contribution in [3.8, 4) is 0 Å². The summed E-state index contributed by atoms with van der Waals surface area (Å²) < 4.78 is 0. The lowest BCUT2D eigenvalue weighted by Crippen LogP contribution is -2.37. The van der Waals surface area contributed by atoms with Gasteiger partial charge in [0.25, 0.3) is 5.69 Å². The van der Waals surface area contributed by atoms with Crippen LogP contribution in [0.15, 0.2) is 72.8 Å². The molecule has 0 bridgehead atoms. The Balaban J connectivity index is 1.73. The predicted molar refractivity (Wildman–Crippen MR) is 102 cm³/mol. The van der Waals surface area contributed by atoms with Gasteiger partial charge in [-0.2, -0.15) is 0 Å². The zero-order chi connectivity index (χ0) is 18.1. The van der Waals surface area contributed by atoms with Gasteiger partial charge in [-0.3, -0.25) is 15.4 Å². The van der Waals surface area contributed by atoms with Crippen molar-refractivity contribution < 1.29 is 4.92 Å². The van der Waals surface area contributed by atoms with Crippen molar-refractivity contribution in [3.63, 3.8) is 0 Å². The van der Waals surface area contributed by atoms with Crippen molar-refractivity contribution in [2.24, 2.45) is 0 Å². The van der Waals surface area contributed by atoms with Gasteiger partial charge in [0.15, 0.2) is 0 Å². The van der Waals surface area contributed by atoms with Crippen LogP contribution in [0.5, 0.6) is 0 Å². The smallest absolute Gasteiger partial charge is 0.269 e. The molecule has 4 rings (SSSR count). The second-order valence-electron chi connectivity index (χ2n) is 6.17. The van der Waals surface area contributed by atoms with E-state index in [1.807, 2.05) is 36.4 Å². The van der Waals surface area contributed by atoms with E-state index >= 15 is 0 Å². The maximum absolute atomic E-state index is 10.9. The highest BCUT2D eigenvalue weighted by molar-refractivity contribution is 6.30. The first-order chi connectivity index (χ1) is 12.6. The molecule has 3 aromatic rings. The minimum atomic E-state index is -0.393. The molecular formula is C20H16ClN3O2. The van der Waals surface area contributed by atoms with Crippen molar-refractivity contribution in [1.82, 2.24) is 5.32 Å². The van der Waals surface area contributed by atoms with Crippen LogP contribution in [0.25, 0.3) is 0 Å². The lowest BCUT2D eigenvalue weighted by molar-refractivity contribution is -0.384. The van der Waals surface area contributed by atoms with Gasteiger partial charge < -0.3 is 5.32 Å². The third-order valence-corrected chi connectivity index (χ3v) is 4.76. The number of halogens is 1. The highest BCUT2D eigenvalue weighted by atomic mass is 35.5. The van der Waals surface area contributed by atoms with E-state index in [0.717, 1.165) is 22.4 Å². The van der Waals surface area contributed by atoms with Crippen LogP contribution in [0.3, 0.4) is 0 Å². The van der Waals surface area contributed by atoms with E-state index in [-0.39, 0.29) is 17.9 Å². The second kappa shape index (κ2) is 6.78. The first kappa shape index (κ1) is 16.6. The quantitative estimate of drug-likeness (QED) is 0.503. The topological polar surface area (TPSA) is 67.2 Å². The van der Waals surface area contributed by atoms with Crippen LogP contribution >= 0.6 is 11.6 Å². The predicted octanol–water partition coefficient (Wildman–Crippen LogP) is 5.05. The zero-order valence-electron chi connectivity index (χ0n) is 13.7. The average Bonchev–Trinajstić information content (AvgIpc) is 2.68. The van der Waals surface area contributed by atoms with Gasteiger partial charge in [-0.1, -0.05) is 41.9 Å². The molecule has 0 unspecified atom stereocenters. The Kier molecular flexibility index (Phi) is 4.32. The Labute approximate surface area is 155 Å². The van der Waals surface area contributed by atoms with Crippen LogP contribution in [0.4, 0.5) is 11.4 Å². The molecule has 1 aliphatic heterocycles. The lowest BCUT2D eigenvalue weighted by Gasteiger charge is -2.35. The fraction of sp³-hybridized carbons (Fsp3) is 0.100. The number of nitro benzene ring substituents is 1. The third kappa shape index (κ3) is 3.14. The number of anilines is 1. The molecule has 0 aromatic heterocycles. The molecule has 2 atom stereocenters. The first-order valence-corrected chi connectivity index (χ1v) is 8.61. The molecule has 0 fully saturated rings. The van der Waals surface area contributed by atoms with Gasteiger partial charge in [-0.05, 0) is 47.0 Å².